The highest BCUT2D eigenvalue weighted by Crippen LogP contribution is 2.29. The van der Waals surface area contributed by atoms with Crippen LogP contribution in [-0.2, 0) is 21.2 Å². The van der Waals surface area contributed by atoms with Gasteiger partial charge in [-0.25, -0.2) is 13.1 Å². The highest BCUT2D eigenvalue weighted by molar-refractivity contribution is 7.99. The molecule has 2 heterocycles. The van der Waals surface area contributed by atoms with Crippen molar-refractivity contribution in [2.24, 2.45) is 0 Å². The van der Waals surface area contributed by atoms with Gasteiger partial charge in [0.25, 0.3) is 0 Å². The van der Waals surface area contributed by atoms with E-state index in [1.165, 1.54) is 31.0 Å². The summed E-state index contributed by atoms with van der Waals surface area (Å²) >= 11 is 1.24. The van der Waals surface area contributed by atoms with Gasteiger partial charge in [0.2, 0.25) is 15.9 Å². The van der Waals surface area contributed by atoms with Crippen LogP contribution in [0.15, 0.2) is 70.6 Å². The summed E-state index contributed by atoms with van der Waals surface area (Å²) in [5.41, 5.74) is 1.02. The Kier molecular flexibility index (Phi) is 8.03. The number of carbonyl (C=O) groups is 1. The van der Waals surface area contributed by atoms with Gasteiger partial charge >= 0.3 is 0 Å². The number of amides is 1. The lowest BCUT2D eigenvalue weighted by molar-refractivity contribution is -0.113. The summed E-state index contributed by atoms with van der Waals surface area (Å²) in [6.45, 7) is 0.127. The molecule has 2 aromatic heterocycles. The summed E-state index contributed by atoms with van der Waals surface area (Å²) in [5.74, 6) is 1.47. The van der Waals surface area contributed by atoms with Crippen molar-refractivity contribution >= 4 is 39.0 Å². The minimum absolute atomic E-state index is 0.104. The molecule has 0 unspecified atom stereocenters. The second-order valence-electron chi connectivity index (χ2n) is 7.42. The van der Waals surface area contributed by atoms with Crippen molar-refractivity contribution < 1.29 is 22.7 Å². The van der Waals surface area contributed by atoms with E-state index in [4.69, 9.17) is 9.47 Å². The summed E-state index contributed by atoms with van der Waals surface area (Å²) in [4.78, 5) is 12.7. The number of hydrogen-bond donors (Lipinski definition) is 2. The molecule has 0 aliphatic carbocycles. The molecule has 0 atom stereocenters. The van der Waals surface area contributed by atoms with Crippen LogP contribution in [-0.4, -0.2) is 60.7 Å². The van der Waals surface area contributed by atoms with Gasteiger partial charge in [0.15, 0.2) is 11.5 Å². The Balaban J connectivity index is 1.37. The second kappa shape index (κ2) is 11.4. The Morgan fingerprint density at radius 1 is 1.03 bits per heavy atom. The van der Waals surface area contributed by atoms with Crippen molar-refractivity contribution in [3.63, 3.8) is 0 Å². The van der Waals surface area contributed by atoms with Crippen molar-refractivity contribution in [3.05, 3.63) is 66.5 Å². The molecule has 4 rings (SSSR count). The summed E-state index contributed by atoms with van der Waals surface area (Å²) in [5, 5.41) is 16.1. The first-order chi connectivity index (χ1) is 17.4. The molecule has 0 bridgehead atoms. The Bertz CT molecular complexity index is 1460. The average Bonchev–Trinajstić information content (AvgIpc) is 3.30. The minimum Gasteiger partial charge on any atom is -0.497 e. The van der Waals surface area contributed by atoms with Crippen LogP contribution in [0.25, 0.3) is 5.65 Å². The lowest BCUT2D eigenvalue weighted by Gasteiger charge is -2.11. The van der Waals surface area contributed by atoms with E-state index in [0.717, 1.165) is 0 Å². The van der Waals surface area contributed by atoms with Gasteiger partial charge in [-0.1, -0.05) is 30.0 Å². The molecule has 0 saturated heterocycles. The molecular formula is C23H24N6O5S2. The largest absolute Gasteiger partial charge is 0.497 e. The van der Waals surface area contributed by atoms with Gasteiger partial charge in [-0.2, -0.15) is 9.61 Å². The minimum atomic E-state index is -3.62. The van der Waals surface area contributed by atoms with Crippen molar-refractivity contribution in [2.45, 2.75) is 16.3 Å². The third-order valence-electron chi connectivity index (χ3n) is 5.03. The second-order valence-corrected chi connectivity index (χ2v) is 10.2. The third kappa shape index (κ3) is 6.11. The molecule has 36 heavy (non-hydrogen) atoms. The van der Waals surface area contributed by atoms with Crippen molar-refractivity contribution in [1.82, 2.24) is 24.5 Å². The first kappa shape index (κ1) is 25.4. The van der Waals surface area contributed by atoms with E-state index in [1.54, 1.807) is 60.2 Å². The molecule has 13 heteroatoms. The van der Waals surface area contributed by atoms with Crippen LogP contribution in [0.5, 0.6) is 11.5 Å². The standard InChI is InChI=1S/C23H24N6O5S2/c1-33-16-8-9-19(34-2)18(14-16)25-22(30)15-35-23-11-10-20-26-27-21(29(20)28-23)12-13-24-36(31,32)17-6-4-3-5-7-17/h3-11,14,24H,12-13,15H2,1-2H3,(H,25,30). The van der Waals surface area contributed by atoms with Gasteiger partial charge in [0.05, 0.1) is 30.6 Å². The lowest BCUT2D eigenvalue weighted by atomic mass is 10.2. The van der Waals surface area contributed by atoms with E-state index >= 15 is 0 Å². The number of fused-ring (bicyclic) bond motifs is 1. The fourth-order valence-electron chi connectivity index (χ4n) is 3.27. The van der Waals surface area contributed by atoms with Crippen LogP contribution in [0.3, 0.4) is 0 Å². The summed E-state index contributed by atoms with van der Waals surface area (Å²) in [7, 11) is -0.555. The first-order valence-electron chi connectivity index (χ1n) is 10.8. The maximum absolute atomic E-state index is 12.5. The van der Waals surface area contributed by atoms with E-state index in [2.05, 4.69) is 25.3 Å². The molecule has 0 aliphatic rings. The lowest BCUT2D eigenvalue weighted by Crippen LogP contribution is -2.26. The fraction of sp³-hybridized carbons (Fsp3) is 0.217. The number of nitrogens with one attached hydrogen (secondary N) is 2. The number of aromatic nitrogens is 4. The third-order valence-corrected chi connectivity index (χ3v) is 7.43. The van der Waals surface area contributed by atoms with Gasteiger partial charge in [-0.3, -0.25) is 4.79 Å². The molecule has 0 spiro atoms. The molecule has 2 aromatic carbocycles. The monoisotopic (exact) mass is 528 g/mol. The molecule has 0 fully saturated rings. The van der Waals surface area contributed by atoms with E-state index in [9.17, 15) is 13.2 Å². The zero-order valence-corrected chi connectivity index (χ0v) is 21.2. The highest BCUT2D eigenvalue weighted by atomic mass is 32.2. The number of hydrogen-bond acceptors (Lipinski definition) is 9. The zero-order valence-electron chi connectivity index (χ0n) is 19.5. The van der Waals surface area contributed by atoms with Gasteiger partial charge in [-0.05, 0) is 36.4 Å². The SMILES string of the molecule is COc1ccc(OC)c(NC(=O)CSc2ccc3nnc(CCNS(=O)(=O)c4ccccc4)n3n2)c1. The highest BCUT2D eigenvalue weighted by Gasteiger charge is 2.15. The Morgan fingerprint density at radius 3 is 2.58 bits per heavy atom. The predicted molar refractivity (Wildman–Crippen MR) is 135 cm³/mol. The maximum Gasteiger partial charge on any atom is 0.240 e. The van der Waals surface area contributed by atoms with Gasteiger partial charge < -0.3 is 14.8 Å². The van der Waals surface area contributed by atoms with Crippen LogP contribution in [0.4, 0.5) is 5.69 Å². The molecule has 4 aromatic rings. The Labute approximate surface area is 212 Å². The number of anilines is 1. The van der Waals surface area contributed by atoms with Gasteiger partial charge in [0.1, 0.15) is 16.5 Å². The normalized spacial score (nSPS) is 11.4. The number of sulfonamides is 1. The Hall–Kier alpha value is -3.68. The number of thioether (sulfide) groups is 1. The number of benzene rings is 2. The number of rotatable bonds is 11. The van der Waals surface area contributed by atoms with Crippen LogP contribution in [0, 0.1) is 0 Å². The zero-order chi connectivity index (χ0) is 25.5. The summed E-state index contributed by atoms with van der Waals surface area (Å²) in [6.07, 6.45) is 0.282. The van der Waals surface area contributed by atoms with E-state index in [0.29, 0.717) is 33.7 Å². The van der Waals surface area contributed by atoms with E-state index < -0.39 is 10.0 Å². The molecule has 1 amide bonds. The fourth-order valence-corrected chi connectivity index (χ4v) is 4.97. The molecule has 11 nitrogen and oxygen atoms in total. The molecular weight excluding hydrogens is 504 g/mol. The molecule has 188 valence electrons. The van der Waals surface area contributed by atoms with Crippen molar-refractivity contribution in [3.8, 4) is 11.5 Å². The topological polar surface area (TPSA) is 137 Å². The quantitative estimate of drug-likeness (QED) is 0.281. The van der Waals surface area contributed by atoms with Crippen LogP contribution in [0.1, 0.15) is 5.82 Å². The average molecular weight is 529 g/mol. The van der Waals surface area contributed by atoms with Crippen LogP contribution < -0.4 is 19.5 Å². The smallest absolute Gasteiger partial charge is 0.240 e. The molecule has 0 aliphatic heterocycles. The number of nitrogens with zero attached hydrogens (tertiary/aromatic N) is 4. The maximum atomic E-state index is 12.5. The van der Waals surface area contributed by atoms with Gasteiger partial charge in [0, 0.05) is 19.0 Å². The number of ether oxygens (including phenoxy) is 2. The predicted octanol–water partition coefficient (Wildman–Crippen LogP) is 2.39. The number of methoxy groups -OCH3 is 2. The van der Waals surface area contributed by atoms with Crippen molar-refractivity contribution in [1.29, 1.82) is 0 Å². The summed E-state index contributed by atoms with van der Waals surface area (Å²) < 4.78 is 39.4. The number of carbonyl (C=O) groups excluding carboxylic acids is 1. The Morgan fingerprint density at radius 2 is 1.83 bits per heavy atom. The van der Waals surface area contributed by atoms with Crippen molar-refractivity contribution in [2.75, 3.05) is 31.8 Å². The van der Waals surface area contributed by atoms with E-state index in [1.807, 2.05) is 0 Å². The van der Waals surface area contributed by atoms with Gasteiger partial charge in [-0.15, -0.1) is 10.2 Å². The van der Waals surface area contributed by atoms with E-state index in [-0.39, 0.29) is 29.5 Å². The molecule has 0 saturated carbocycles. The molecule has 2 N–H and O–H groups in total. The van der Waals surface area contributed by atoms with Crippen LogP contribution >= 0.6 is 11.8 Å². The first-order valence-corrected chi connectivity index (χ1v) is 13.3. The molecule has 0 radical (unpaired) electrons. The summed E-state index contributed by atoms with van der Waals surface area (Å²) in [6, 6.07) is 16.8. The van der Waals surface area contributed by atoms with Crippen LogP contribution in [0.2, 0.25) is 0 Å².